The number of aliphatic hydroxyl groups excluding tert-OH is 1. The SMILES string of the molecule is Cc1cc(F)c(NC2=CC(=O)N(CCO)C2=O)c(I)c1. The first-order chi connectivity index (χ1) is 9.43. The average molecular weight is 390 g/mol. The maximum atomic E-state index is 13.9. The summed E-state index contributed by atoms with van der Waals surface area (Å²) in [4.78, 5) is 24.4. The van der Waals surface area contributed by atoms with Gasteiger partial charge in [-0.15, -0.1) is 0 Å². The van der Waals surface area contributed by atoms with Gasteiger partial charge in [0, 0.05) is 9.65 Å². The molecule has 1 aliphatic rings. The number of β-amino-alcohol motifs (C(OH)–C–C–N with tert-alkyl or cyclic N) is 1. The van der Waals surface area contributed by atoms with Crippen molar-refractivity contribution in [3.63, 3.8) is 0 Å². The molecule has 2 rings (SSSR count). The fraction of sp³-hybridized carbons (Fsp3) is 0.231. The Hall–Kier alpha value is -1.48. The van der Waals surface area contributed by atoms with Crippen molar-refractivity contribution in [3.05, 3.63) is 38.9 Å². The van der Waals surface area contributed by atoms with E-state index in [9.17, 15) is 14.0 Å². The summed E-state index contributed by atoms with van der Waals surface area (Å²) in [6.07, 6.45) is 1.10. The predicted octanol–water partition coefficient (Wildman–Crippen LogP) is 1.40. The second-order valence-electron chi connectivity index (χ2n) is 4.31. The Labute approximate surface area is 128 Å². The van der Waals surface area contributed by atoms with Crippen LogP contribution in [-0.4, -0.2) is 35.0 Å². The van der Waals surface area contributed by atoms with Crippen LogP contribution in [0.25, 0.3) is 0 Å². The highest BCUT2D eigenvalue weighted by molar-refractivity contribution is 14.1. The summed E-state index contributed by atoms with van der Waals surface area (Å²) in [5.41, 5.74) is 0.931. The zero-order valence-corrected chi connectivity index (χ0v) is 12.8. The third-order valence-corrected chi connectivity index (χ3v) is 3.63. The Morgan fingerprint density at radius 1 is 1.40 bits per heavy atom. The van der Waals surface area contributed by atoms with Gasteiger partial charge >= 0.3 is 0 Å². The number of anilines is 1. The van der Waals surface area contributed by atoms with Crippen LogP contribution in [0.3, 0.4) is 0 Å². The summed E-state index contributed by atoms with van der Waals surface area (Å²) in [5.74, 6) is -1.58. The van der Waals surface area contributed by atoms with Crippen molar-refractivity contribution < 1.29 is 19.1 Å². The van der Waals surface area contributed by atoms with E-state index in [4.69, 9.17) is 5.11 Å². The van der Waals surface area contributed by atoms with Crippen LogP contribution in [0.1, 0.15) is 5.56 Å². The highest BCUT2D eigenvalue weighted by atomic mass is 127. The van der Waals surface area contributed by atoms with E-state index < -0.39 is 17.6 Å². The number of amides is 2. The van der Waals surface area contributed by atoms with Crippen LogP contribution in [0, 0.1) is 16.3 Å². The molecule has 0 bridgehead atoms. The van der Waals surface area contributed by atoms with Gasteiger partial charge in [-0.1, -0.05) is 0 Å². The van der Waals surface area contributed by atoms with E-state index in [1.165, 1.54) is 6.07 Å². The molecule has 1 heterocycles. The lowest BCUT2D eigenvalue weighted by Gasteiger charge is -2.14. The fourth-order valence-electron chi connectivity index (χ4n) is 1.86. The lowest BCUT2D eigenvalue weighted by molar-refractivity contribution is -0.137. The number of nitrogens with zero attached hydrogens (tertiary/aromatic N) is 1. The highest BCUT2D eigenvalue weighted by Crippen LogP contribution is 2.26. The molecule has 20 heavy (non-hydrogen) atoms. The molecule has 0 atom stereocenters. The number of rotatable bonds is 4. The summed E-state index contributed by atoms with van der Waals surface area (Å²) in [7, 11) is 0. The van der Waals surface area contributed by atoms with Crippen molar-refractivity contribution in [3.8, 4) is 0 Å². The van der Waals surface area contributed by atoms with E-state index in [0.29, 0.717) is 3.57 Å². The Bertz CT molecular complexity index is 593. The minimum Gasteiger partial charge on any atom is -0.395 e. The highest BCUT2D eigenvalue weighted by Gasteiger charge is 2.31. The number of aryl methyl sites for hydroxylation is 1. The quantitative estimate of drug-likeness (QED) is 0.603. The molecule has 1 aliphatic heterocycles. The third kappa shape index (κ3) is 2.83. The molecule has 1 aromatic rings. The van der Waals surface area contributed by atoms with E-state index >= 15 is 0 Å². The molecule has 0 aromatic heterocycles. The number of carbonyl (C=O) groups is 2. The molecule has 0 radical (unpaired) electrons. The molecule has 0 spiro atoms. The lowest BCUT2D eigenvalue weighted by Crippen LogP contribution is -2.34. The monoisotopic (exact) mass is 390 g/mol. The standard InChI is InChI=1S/C13H12FIN2O3/c1-7-4-8(14)12(9(15)5-7)16-10-6-11(19)17(2-3-18)13(10)20/h4-6,16,18H,2-3H2,1H3. The van der Waals surface area contributed by atoms with Crippen LogP contribution in [0.4, 0.5) is 10.1 Å². The molecule has 0 aliphatic carbocycles. The van der Waals surface area contributed by atoms with Crippen LogP contribution in [0.2, 0.25) is 0 Å². The molecule has 5 nitrogen and oxygen atoms in total. The first-order valence-electron chi connectivity index (χ1n) is 5.85. The van der Waals surface area contributed by atoms with Crippen molar-refractivity contribution >= 4 is 40.1 Å². The summed E-state index contributed by atoms with van der Waals surface area (Å²) in [6.45, 7) is 1.38. The molecule has 0 unspecified atom stereocenters. The smallest absolute Gasteiger partial charge is 0.277 e. The van der Waals surface area contributed by atoms with Gasteiger partial charge in [-0.05, 0) is 47.2 Å². The minimum atomic E-state index is -0.570. The van der Waals surface area contributed by atoms with E-state index in [1.807, 2.05) is 22.6 Å². The van der Waals surface area contributed by atoms with Gasteiger partial charge in [-0.2, -0.15) is 0 Å². The Morgan fingerprint density at radius 2 is 2.10 bits per heavy atom. The van der Waals surface area contributed by atoms with Crippen LogP contribution in [0.15, 0.2) is 23.9 Å². The summed E-state index contributed by atoms with van der Waals surface area (Å²) >= 11 is 1.95. The molecular formula is C13H12FIN2O3. The molecule has 0 fully saturated rings. The topological polar surface area (TPSA) is 69.6 Å². The van der Waals surface area contributed by atoms with Crippen molar-refractivity contribution in [2.24, 2.45) is 0 Å². The zero-order valence-electron chi connectivity index (χ0n) is 10.6. The number of hydrogen-bond donors (Lipinski definition) is 2. The second-order valence-corrected chi connectivity index (χ2v) is 5.47. The molecule has 106 valence electrons. The van der Waals surface area contributed by atoms with Crippen LogP contribution in [-0.2, 0) is 9.59 Å². The Balaban J connectivity index is 2.26. The predicted molar refractivity (Wildman–Crippen MR) is 79.4 cm³/mol. The van der Waals surface area contributed by atoms with Gasteiger partial charge < -0.3 is 10.4 Å². The van der Waals surface area contributed by atoms with E-state index in [1.54, 1.807) is 13.0 Å². The molecule has 2 amide bonds. The molecule has 0 saturated carbocycles. The van der Waals surface area contributed by atoms with E-state index in [2.05, 4.69) is 5.32 Å². The van der Waals surface area contributed by atoms with E-state index in [-0.39, 0.29) is 24.5 Å². The normalized spacial score (nSPS) is 14.8. The van der Waals surface area contributed by atoms with Gasteiger partial charge in [0.2, 0.25) is 0 Å². The number of halogens is 2. The van der Waals surface area contributed by atoms with Crippen molar-refractivity contribution in [1.82, 2.24) is 4.90 Å². The van der Waals surface area contributed by atoms with Crippen molar-refractivity contribution in [2.45, 2.75) is 6.92 Å². The van der Waals surface area contributed by atoms with Crippen molar-refractivity contribution in [2.75, 3.05) is 18.5 Å². The molecule has 7 heteroatoms. The molecular weight excluding hydrogens is 378 g/mol. The number of benzene rings is 1. The number of hydrogen-bond acceptors (Lipinski definition) is 4. The molecule has 2 N–H and O–H groups in total. The largest absolute Gasteiger partial charge is 0.395 e. The number of aliphatic hydroxyl groups is 1. The lowest BCUT2D eigenvalue weighted by atomic mass is 10.2. The van der Waals surface area contributed by atoms with Gasteiger partial charge in [0.15, 0.2) is 0 Å². The van der Waals surface area contributed by atoms with Gasteiger partial charge in [0.05, 0.1) is 18.8 Å². The van der Waals surface area contributed by atoms with Gasteiger partial charge in [0.1, 0.15) is 11.5 Å². The summed E-state index contributed by atoms with van der Waals surface area (Å²) in [6, 6.07) is 3.11. The summed E-state index contributed by atoms with van der Waals surface area (Å²) < 4.78 is 14.5. The Kier molecular flexibility index (Phi) is 4.39. The summed E-state index contributed by atoms with van der Waals surface area (Å²) in [5, 5.41) is 11.5. The van der Waals surface area contributed by atoms with Crippen LogP contribution < -0.4 is 5.32 Å². The fourth-order valence-corrected chi connectivity index (χ4v) is 2.75. The van der Waals surface area contributed by atoms with Gasteiger partial charge in [-0.25, -0.2) is 4.39 Å². The third-order valence-electron chi connectivity index (χ3n) is 2.78. The maximum Gasteiger partial charge on any atom is 0.277 e. The molecule has 1 aromatic carbocycles. The number of carbonyl (C=O) groups excluding carboxylic acids is 2. The van der Waals surface area contributed by atoms with Crippen LogP contribution in [0.5, 0.6) is 0 Å². The number of imide groups is 1. The number of nitrogens with one attached hydrogen (secondary N) is 1. The second kappa shape index (κ2) is 5.88. The zero-order chi connectivity index (χ0) is 14.9. The van der Waals surface area contributed by atoms with Gasteiger partial charge in [-0.3, -0.25) is 14.5 Å². The van der Waals surface area contributed by atoms with E-state index in [0.717, 1.165) is 16.5 Å². The maximum absolute atomic E-state index is 13.9. The van der Waals surface area contributed by atoms with Crippen molar-refractivity contribution in [1.29, 1.82) is 0 Å². The minimum absolute atomic E-state index is 0.00381. The first-order valence-corrected chi connectivity index (χ1v) is 6.93. The molecule has 0 saturated heterocycles. The average Bonchev–Trinajstić information content (AvgIpc) is 2.62. The van der Waals surface area contributed by atoms with Crippen LogP contribution >= 0.6 is 22.6 Å². The Morgan fingerprint density at radius 3 is 2.70 bits per heavy atom. The van der Waals surface area contributed by atoms with Gasteiger partial charge in [0.25, 0.3) is 11.8 Å². The first kappa shape index (κ1) is 14.9.